The standard InChI is InChI=1S/C10H22N4/c1-14(2)10-8-6-4-3-5-7-9-12-13-11/h3-10H2,1-2H3. The van der Waals surface area contributed by atoms with E-state index in [4.69, 9.17) is 5.53 Å². The highest BCUT2D eigenvalue weighted by atomic mass is 15.1. The van der Waals surface area contributed by atoms with Crippen LogP contribution < -0.4 is 0 Å². The molecule has 0 amide bonds. The maximum absolute atomic E-state index is 8.04. The summed E-state index contributed by atoms with van der Waals surface area (Å²) >= 11 is 0. The second-order valence-electron chi connectivity index (χ2n) is 3.88. The van der Waals surface area contributed by atoms with E-state index in [0.29, 0.717) is 6.54 Å². The van der Waals surface area contributed by atoms with Gasteiger partial charge >= 0.3 is 0 Å². The van der Waals surface area contributed by atoms with Gasteiger partial charge in [-0.25, -0.2) is 0 Å². The van der Waals surface area contributed by atoms with Crippen molar-refractivity contribution in [2.75, 3.05) is 27.2 Å². The van der Waals surface area contributed by atoms with Crippen LogP contribution in [0.5, 0.6) is 0 Å². The van der Waals surface area contributed by atoms with Crippen molar-refractivity contribution in [1.29, 1.82) is 0 Å². The molecule has 82 valence electrons. The zero-order chi connectivity index (χ0) is 10.6. The van der Waals surface area contributed by atoms with Gasteiger partial charge in [-0.1, -0.05) is 30.8 Å². The predicted molar refractivity (Wildman–Crippen MR) is 60.3 cm³/mol. The first-order valence-corrected chi connectivity index (χ1v) is 5.43. The van der Waals surface area contributed by atoms with Crippen molar-refractivity contribution in [2.45, 2.75) is 38.5 Å². The van der Waals surface area contributed by atoms with Gasteiger partial charge in [-0.3, -0.25) is 0 Å². The predicted octanol–water partition coefficient (Wildman–Crippen LogP) is 3.20. The largest absolute Gasteiger partial charge is 0.309 e. The summed E-state index contributed by atoms with van der Waals surface area (Å²) < 4.78 is 0. The van der Waals surface area contributed by atoms with Gasteiger partial charge < -0.3 is 4.90 Å². The van der Waals surface area contributed by atoms with E-state index in [2.05, 4.69) is 29.0 Å². The van der Waals surface area contributed by atoms with E-state index in [1.165, 1.54) is 38.6 Å². The van der Waals surface area contributed by atoms with Crippen LogP contribution in [-0.2, 0) is 0 Å². The molecular formula is C10H22N4. The molecule has 0 aliphatic carbocycles. The fourth-order valence-corrected chi connectivity index (χ4v) is 1.36. The minimum atomic E-state index is 0.661. The molecule has 0 aromatic heterocycles. The van der Waals surface area contributed by atoms with Crippen LogP contribution >= 0.6 is 0 Å². The molecule has 0 atom stereocenters. The lowest BCUT2D eigenvalue weighted by Crippen LogP contribution is -2.12. The highest BCUT2D eigenvalue weighted by Gasteiger charge is 1.92. The fourth-order valence-electron chi connectivity index (χ4n) is 1.36. The van der Waals surface area contributed by atoms with Crippen LogP contribution in [0, 0.1) is 0 Å². The molecule has 0 N–H and O–H groups in total. The van der Waals surface area contributed by atoms with E-state index >= 15 is 0 Å². The second-order valence-corrected chi connectivity index (χ2v) is 3.88. The first kappa shape index (κ1) is 13.3. The highest BCUT2D eigenvalue weighted by molar-refractivity contribution is 4.50. The van der Waals surface area contributed by atoms with Gasteiger partial charge in [0.1, 0.15) is 0 Å². The molecule has 0 saturated carbocycles. The van der Waals surface area contributed by atoms with Gasteiger partial charge in [-0.15, -0.1) is 0 Å². The number of unbranched alkanes of at least 4 members (excludes halogenated alkanes) is 5. The van der Waals surface area contributed by atoms with Gasteiger partial charge in [0, 0.05) is 11.5 Å². The first-order valence-electron chi connectivity index (χ1n) is 5.43. The third-order valence-corrected chi connectivity index (χ3v) is 2.18. The lowest BCUT2D eigenvalue weighted by Gasteiger charge is -2.08. The molecule has 0 spiro atoms. The average Bonchev–Trinajstić information content (AvgIpc) is 2.15. The third-order valence-electron chi connectivity index (χ3n) is 2.18. The Morgan fingerprint density at radius 1 is 1.00 bits per heavy atom. The topological polar surface area (TPSA) is 52.0 Å². The zero-order valence-corrected chi connectivity index (χ0v) is 9.45. The van der Waals surface area contributed by atoms with E-state index in [1.807, 2.05) is 0 Å². The minimum absolute atomic E-state index is 0.661. The lowest BCUT2D eigenvalue weighted by atomic mass is 10.1. The zero-order valence-electron chi connectivity index (χ0n) is 9.45. The Morgan fingerprint density at radius 3 is 2.14 bits per heavy atom. The SMILES string of the molecule is CN(C)CCCCCCCCN=[N+]=[N-]. The number of rotatable bonds is 9. The van der Waals surface area contributed by atoms with E-state index < -0.39 is 0 Å². The van der Waals surface area contributed by atoms with Crippen molar-refractivity contribution >= 4 is 0 Å². The summed E-state index contributed by atoms with van der Waals surface area (Å²) in [6.07, 6.45) is 7.43. The Hall–Kier alpha value is -0.730. The summed E-state index contributed by atoms with van der Waals surface area (Å²) in [7, 11) is 4.22. The van der Waals surface area contributed by atoms with Crippen LogP contribution in [0.25, 0.3) is 10.4 Å². The Morgan fingerprint density at radius 2 is 1.57 bits per heavy atom. The third kappa shape index (κ3) is 11.3. The maximum atomic E-state index is 8.04. The molecule has 0 aromatic rings. The van der Waals surface area contributed by atoms with E-state index in [-0.39, 0.29) is 0 Å². The van der Waals surface area contributed by atoms with Crippen molar-refractivity contribution < 1.29 is 0 Å². The van der Waals surface area contributed by atoms with Crippen LogP contribution in [0.1, 0.15) is 38.5 Å². The molecule has 14 heavy (non-hydrogen) atoms. The Balaban J connectivity index is 2.95. The van der Waals surface area contributed by atoms with E-state index in [1.54, 1.807) is 0 Å². The van der Waals surface area contributed by atoms with Crippen LogP contribution in [-0.4, -0.2) is 32.1 Å². The van der Waals surface area contributed by atoms with Gasteiger partial charge in [0.05, 0.1) is 0 Å². The monoisotopic (exact) mass is 198 g/mol. The average molecular weight is 198 g/mol. The quantitative estimate of drug-likeness (QED) is 0.243. The summed E-state index contributed by atoms with van der Waals surface area (Å²) in [6, 6.07) is 0. The highest BCUT2D eigenvalue weighted by Crippen LogP contribution is 2.05. The van der Waals surface area contributed by atoms with Gasteiger partial charge in [0.25, 0.3) is 0 Å². The van der Waals surface area contributed by atoms with Crippen molar-refractivity contribution in [3.8, 4) is 0 Å². The summed E-state index contributed by atoms with van der Waals surface area (Å²) in [5.74, 6) is 0. The van der Waals surface area contributed by atoms with Gasteiger partial charge in [0.2, 0.25) is 0 Å². The van der Waals surface area contributed by atoms with Gasteiger partial charge in [-0.05, 0) is 39.0 Å². The summed E-state index contributed by atoms with van der Waals surface area (Å²) in [4.78, 5) is 4.95. The molecule has 0 aliphatic rings. The molecule has 0 bridgehead atoms. The summed E-state index contributed by atoms with van der Waals surface area (Å²) in [5.41, 5.74) is 8.04. The van der Waals surface area contributed by atoms with Crippen molar-refractivity contribution in [3.05, 3.63) is 10.4 Å². The normalized spacial score (nSPS) is 10.2. The number of hydrogen-bond donors (Lipinski definition) is 0. The molecule has 4 heteroatoms. The Kier molecular flexibility index (Phi) is 9.81. The molecule has 0 aromatic carbocycles. The molecule has 0 saturated heterocycles. The molecule has 0 unspecified atom stereocenters. The van der Waals surface area contributed by atoms with Crippen molar-refractivity contribution in [1.82, 2.24) is 4.90 Å². The van der Waals surface area contributed by atoms with Gasteiger partial charge in [0.15, 0.2) is 0 Å². The number of hydrogen-bond acceptors (Lipinski definition) is 2. The molecule has 0 heterocycles. The molecule has 0 rings (SSSR count). The Labute approximate surface area is 86.9 Å². The molecule has 0 fully saturated rings. The maximum Gasteiger partial charge on any atom is 0.0257 e. The van der Waals surface area contributed by atoms with Crippen LogP contribution in [0.2, 0.25) is 0 Å². The van der Waals surface area contributed by atoms with E-state index in [0.717, 1.165) is 6.42 Å². The fraction of sp³-hybridized carbons (Fsp3) is 1.00. The smallest absolute Gasteiger partial charge is 0.0257 e. The summed E-state index contributed by atoms with van der Waals surface area (Å²) in [5, 5.41) is 3.50. The number of nitrogens with zero attached hydrogens (tertiary/aromatic N) is 4. The molecule has 0 radical (unpaired) electrons. The Bertz CT molecular complexity index is 162. The molecule has 4 nitrogen and oxygen atoms in total. The van der Waals surface area contributed by atoms with Crippen LogP contribution in [0.3, 0.4) is 0 Å². The summed E-state index contributed by atoms with van der Waals surface area (Å²) in [6.45, 7) is 1.85. The van der Waals surface area contributed by atoms with E-state index in [9.17, 15) is 0 Å². The minimum Gasteiger partial charge on any atom is -0.309 e. The van der Waals surface area contributed by atoms with Crippen LogP contribution in [0.15, 0.2) is 5.11 Å². The first-order chi connectivity index (χ1) is 6.77. The van der Waals surface area contributed by atoms with Crippen molar-refractivity contribution in [3.63, 3.8) is 0 Å². The van der Waals surface area contributed by atoms with Gasteiger partial charge in [-0.2, -0.15) is 0 Å². The van der Waals surface area contributed by atoms with Crippen molar-refractivity contribution in [2.24, 2.45) is 5.11 Å². The molecular weight excluding hydrogens is 176 g/mol. The lowest BCUT2D eigenvalue weighted by molar-refractivity contribution is 0.389. The second kappa shape index (κ2) is 10.4. The molecule has 0 aliphatic heterocycles. The number of azide groups is 1. The van der Waals surface area contributed by atoms with Crippen LogP contribution in [0.4, 0.5) is 0 Å².